The van der Waals surface area contributed by atoms with Gasteiger partial charge in [-0.3, -0.25) is 4.68 Å². The number of likely N-dealkylation sites (N-methyl/N-ethyl adjacent to an activating group) is 1. The van der Waals surface area contributed by atoms with E-state index < -0.39 is 0 Å². The quantitative estimate of drug-likeness (QED) is 0.785. The molecule has 0 aliphatic heterocycles. The number of benzene rings is 2. The summed E-state index contributed by atoms with van der Waals surface area (Å²) in [6.45, 7) is 0. The molecular formula is C17H19N3. The standard InChI is InChI=1S/C17H19N3/c1-18-17(12-14-10-11-20(2)19-14)16-9-5-7-13-6-3-4-8-15(13)16/h3-11,17-18H,12H2,1-2H3. The number of rotatable bonds is 4. The van der Waals surface area contributed by atoms with Crippen LogP contribution in [0.25, 0.3) is 10.8 Å². The zero-order chi connectivity index (χ0) is 13.9. The van der Waals surface area contributed by atoms with E-state index in [9.17, 15) is 0 Å². The number of nitrogens with one attached hydrogen (secondary N) is 1. The monoisotopic (exact) mass is 265 g/mol. The molecule has 1 heterocycles. The van der Waals surface area contributed by atoms with Gasteiger partial charge < -0.3 is 5.32 Å². The molecule has 0 bridgehead atoms. The Hall–Kier alpha value is -2.13. The summed E-state index contributed by atoms with van der Waals surface area (Å²) >= 11 is 0. The Morgan fingerprint density at radius 3 is 2.65 bits per heavy atom. The Kier molecular flexibility index (Phi) is 3.52. The molecule has 3 aromatic rings. The zero-order valence-electron chi connectivity index (χ0n) is 11.9. The van der Waals surface area contributed by atoms with Gasteiger partial charge in [-0.25, -0.2) is 0 Å². The third-order valence-electron chi connectivity index (χ3n) is 3.73. The fourth-order valence-electron chi connectivity index (χ4n) is 2.70. The second-order valence-electron chi connectivity index (χ2n) is 5.09. The molecule has 3 rings (SSSR count). The van der Waals surface area contributed by atoms with Crippen LogP contribution in [0, 0.1) is 0 Å². The van der Waals surface area contributed by atoms with E-state index in [1.165, 1.54) is 16.3 Å². The summed E-state index contributed by atoms with van der Waals surface area (Å²) in [7, 11) is 3.96. The molecule has 0 saturated heterocycles. The van der Waals surface area contributed by atoms with Crippen LogP contribution >= 0.6 is 0 Å². The SMILES string of the molecule is CNC(Cc1ccn(C)n1)c1cccc2ccccc12. The lowest BCUT2D eigenvalue weighted by atomic mass is 9.96. The number of aromatic nitrogens is 2. The maximum Gasteiger partial charge on any atom is 0.0643 e. The largest absolute Gasteiger partial charge is 0.313 e. The molecule has 0 radical (unpaired) electrons. The first-order chi connectivity index (χ1) is 9.78. The maximum absolute atomic E-state index is 4.48. The highest BCUT2D eigenvalue weighted by molar-refractivity contribution is 5.86. The maximum atomic E-state index is 4.48. The van der Waals surface area contributed by atoms with Crippen molar-refractivity contribution in [1.29, 1.82) is 0 Å². The van der Waals surface area contributed by atoms with Crippen LogP contribution in [-0.2, 0) is 13.5 Å². The molecule has 1 N–H and O–H groups in total. The lowest BCUT2D eigenvalue weighted by Crippen LogP contribution is -2.19. The minimum atomic E-state index is 0.274. The normalized spacial score (nSPS) is 12.7. The van der Waals surface area contributed by atoms with Gasteiger partial charge in [0, 0.05) is 25.7 Å². The van der Waals surface area contributed by atoms with E-state index in [0.717, 1.165) is 12.1 Å². The fourth-order valence-corrected chi connectivity index (χ4v) is 2.70. The minimum absolute atomic E-state index is 0.274. The van der Waals surface area contributed by atoms with Crippen molar-refractivity contribution in [2.24, 2.45) is 7.05 Å². The average molecular weight is 265 g/mol. The van der Waals surface area contributed by atoms with Gasteiger partial charge in [-0.15, -0.1) is 0 Å². The summed E-state index contributed by atoms with van der Waals surface area (Å²) in [5.41, 5.74) is 2.44. The summed E-state index contributed by atoms with van der Waals surface area (Å²) in [6.07, 6.45) is 2.89. The van der Waals surface area contributed by atoms with E-state index >= 15 is 0 Å². The molecule has 1 aromatic heterocycles. The van der Waals surface area contributed by atoms with Crippen molar-refractivity contribution in [3.8, 4) is 0 Å². The molecule has 0 fully saturated rings. The first-order valence-electron chi connectivity index (χ1n) is 6.91. The zero-order valence-corrected chi connectivity index (χ0v) is 11.9. The van der Waals surface area contributed by atoms with Gasteiger partial charge in [0.15, 0.2) is 0 Å². The average Bonchev–Trinajstić information content (AvgIpc) is 2.89. The van der Waals surface area contributed by atoms with Gasteiger partial charge in [0.1, 0.15) is 0 Å². The Labute approximate surface area is 119 Å². The smallest absolute Gasteiger partial charge is 0.0643 e. The molecule has 3 heteroatoms. The van der Waals surface area contributed by atoms with E-state index in [-0.39, 0.29) is 6.04 Å². The minimum Gasteiger partial charge on any atom is -0.313 e. The van der Waals surface area contributed by atoms with Crippen LogP contribution in [0.3, 0.4) is 0 Å². The Bertz CT molecular complexity index is 710. The van der Waals surface area contributed by atoms with Crippen molar-refractivity contribution in [2.75, 3.05) is 7.05 Å². The molecule has 0 amide bonds. The Balaban J connectivity index is 1.98. The van der Waals surface area contributed by atoms with Crippen molar-refractivity contribution >= 4 is 10.8 Å². The number of fused-ring (bicyclic) bond motifs is 1. The molecule has 102 valence electrons. The van der Waals surface area contributed by atoms with E-state index in [4.69, 9.17) is 0 Å². The third-order valence-corrected chi connectivity index (χ3v) is 3.73. The van der Waals surface area contributed by atoms with Crippen molar-refractivity contribution in [2.45, 2.75) is 12.5 Å². The van der Waals surface area contributed by atoms with Gasteiger partial charge in [0.05, 0.1) is 5.69 Å². The molecule has 2 aromatic carbocycles. The molecule has 20 heavy (non-hydrogen) atoms. The van der Waals surface area contributed by atoms with Crippen LogP contribution in [0.2, 0.25) is 0 Å². The highest BCUT2D eigenvalue weighted by Gasteiger charge is 2.14. The second-order valence-corrected chi connectivity index (χ2v) is 5.09. The van der Waals surface area contributed by atoms with Gasteiger partial charge in [-0.2, -0.15) is 5.10 Å². The van der Waals surface area contributed by atoms with Crippen LogP contribution in [-0.4, -0.2) is 16.8 Å². The molecule has 1 unspecified atom stereocenters. The van der Waals surface area contributed by atoms with Crippen molar-refractivity contribution < 1.29 is 0 Å². The predicted molar refractivity (Wildman–Crippen MR) is 82.7 cm³/mol. The molecular weight excluding hydrogens is 246 g/mol. The predicted octanol–water partition coefficient (Wildman–Crippen LogP) is 3.08. The van der Waals surface area contributed by atoms with Crippen LogP contribution < -0.4 is 5.32 Å². The van der Waals surface area contributed by atoms with Gasteiger partial charge in [0.25, 0.3) is 0 Å². The summed E-state index contributed by atoms with van der Waals surface area (Å²) in [5, 5.41) is 10.5. The van der Waals surface area contributed by atoms with Crippen LogP contribution in [0.15, 0.2) is 54.7 Å². The molecule has 0 aliphatic rings. The van der Waals surface area contributed by atoms with Crippen molar-refractivity contribution in [1.82, 2.24) is 15.1 Å². The number of hydrogen-bond acceptors (Lipinski definition) is 2. The Morgan fingerprint density at radius 1 is 1.10 bits per heavy atom. The summed E-state index contributed by atoms with van der Waals surface area (Å²) in [4.78, 5) is 0. The number of nitrogens with zero attached hydrogens (tertiary/aromatic N) is 2. The van der Waals surface area contributed by atoms with Crippen molar-refractivity contribution in [3.05, 3.63) is 66.0 Å². The lowest BCUT2D eigenvalue weighted by Gasteiger charge is -2.17. The first kappa shape index (κ1) is 12.9. The van der Waals surface area contributed by atoms with Gasteiger partial charge in [-0.05, 0) is 29.4 Å². The summed E-state index contributed by atoms with van der Waals surface area (Å²) in [6, 6.07) is 17.4. The van der Waals surface area contributed by atoms with Gasteiger partial charge >= 0.3 is 0 Å². The molecule has 3 nitrogen and oxygen atoms in total. The van der Waals surface area contributed by atoms with E-state index in [2.05, 4.69) is 58.9 Å². The van der Waals surface area contributed by atoms with Gasteiger partial charge in [0.2, 0.25) is 0 Å². The molecule has 0 aliphatic carbocycles. The summed E-state index contributed by atoms with van der Waals surface area (Å²) < 4.78 is 1.85. The molecule has 0 saturated carbocycles. The van der Waals surface area contributed by atoms with E-state index in [1.807, 2.05) is 25.0 Å². The van der Waals surface area contributed by atoms with Crippen molar-refractivity contribution in [3.63, 3.8) is 0 Å². The summed E-state index contributed by atoms with van der Waals surface area (Å²) in [5.74, 6) is 0. The highest BCUT2D eigenvalue weighted by Crippen LogP contribution is 2.26. The van der Waals surface area contributed by atoms with E-state index in [0.29, 0.717) is 0 Å². The highest BCUT2D eigenvalue weighted by atomic mass is 15.2. The van der Waals surface area contributed by atoms with Crippen LogP contribution in [0.4, 0.5) is 0 Å². The second kappa shape index (κ2) is 5.47. The Morgan fingerprint density at radius 2 is 1.90 bits per heavy atom. The lowest BCUT2D eigenvalue weighted by molar-refractivity contribution is 0.581. The van der Waals surface area contributed by atoms with Crippen LogP contribution in [0.5, 0.6) is 0 Å². The number of hydrogen-bond donors (Lipinski definition) is 1. The first-order valence-corrected chi connectivity index (χ1v) is 6.91. The third kappa shape index (κ3) is 2.45. The molecule has 1 atom stereocenters. The topological polar surface area (TPSA) is 29.9 Å². The number of aryl methyl sites for hydroxylation is 1. The van der Waals surface area contributed by atoms with E-state index in [1.54, 1.807) is 0 Å². The molecule has 0 spiro atoms. The van der Waals surface area contributed by atoms with Crippen LogP contribution in [0.1, 0.15) is 17.3 Å². The fraction of sp³-hybridized carbons (Fsp3) is 0.235. The van der Waals surface area contributed by atoms with Gasteiger partial charge in [-0.1, -0.05) is 42.5 Å².